The Labute approximate surface area is 187 Å². The molecule has 0 heterocycles. The van der Waals surface area contributed by atoms with Crippen molar-refractivity contribution in [3.05, 3.63) is 125 Å². The second-order valence-corrected chi connectivity index (χ2v) is 8.34. The fourth-order valence-electron chi connectivity index (χ4n) is 4.03. The van der Waals surface area contributed by atoms with Crippen LogP contribution in [0.25, 0.3) is 0 Å². The molecule has 0 aliphatic carbocycles. The molecule has 0 fully saturated rings. The quantitative estimate of drug-likeness (QED) is 0.297. The summed E-state index contributed by atoms with van der Waals surface area (Å²) < 4.78 is 21.3. The van der Waals surface area contributed by atoms with E-state index >= 15 is 0 Å². The van der Waals surface area contributed by atoms with E-state index in [-0.39, 0.29) is 11.3 Å². The highest BCUT2D eigenvalue weighted by Gasteiger charge is 2.24. The molecule has 31 heavy (non-hydrogen) atoms. The number of aromatic hydroxyl groups is 3. The minimum absolute atomic E-state index is 0.0368. The van der Waals surface area contributed by atoms with Gasteiger partial charge in [0, 0.05) is 11.3 Å². The minimum atomic E-state index is -0.227. The van der Waals surface area contributed by atoms with Gasteiger partial charge in [-0.1, -0.05) is 74.5 Å². The summed E-state index contributed by atoms with van der Waals surface area (Å²) in [5, 5.41) is 13.7. The molecule has 0 saturated heterocycles. The van der Waals surface area contributed by atoms with E-state index in [2.05, 4.69) is 53.4 Å². The monoisotopic (exact) mass is 413 g/mol. The standard InChI is InChI=1S/C28H26O3/c1-28(2,23-11-17-26(31)18-12-23)22-9-3-19(4-10-22)27(20-5-13-24(29)14-6-20)21-7-15-25(30)16-8-21/h3-18,27,29-31H,1-2H3/i/hD3. The summed E-state index contributed by atoms with van der Waals surface area (Å²) in [5.74, 6) is 1.45. The third-order valence-corrected chi connectivity index (χ3v) is 5.97. The van der Waals surface area contributed by atoms with Gasteiger partial charge in [0.15, 0.2) is 0 Å². The second kappa shape index (κ2) is 8.19. The zero-order valence-electron chi connectivity index (χ0n) is 20.5. The first kappa shape index (κ1) is 17.0. The van der Waals surface area contributed by atoms with Crippen LogP contribution >= 0.6 is 0 Å². The van der Waals surface area contributed by atoms with Crippen molar-refractivity contribution in [3.8, 4) is 17.2 Å². The molecule has 0 spiro atoms. The van der Waals surface area contributed by atoms with E-state index in [0.29, 0.717) is 17.2 Å². The lowest BCUT2D eigenvalue weighted by atomic mass is 9.77. The lowest BCUT2D eigenvalue weighted by Gasteiger charge is -2.27. The van der Waals surface area contributed by atoms with Crippen molar-refractivity contribution in [2.24, 2.45) is 0 Å². The summed E-state index contributed by atoms with van der Waals surface area (Å²) in [6.07, 6.45) is 0. The smallest absolute Gasteiger partial charge is 0.293 e. The van der Waals surface area contributed by atoms with Crippen molar-refractivity contribution in [2.45, 2.75) is 25.2 Å². The molecule has 3 N–H and O–H groups in total. The molecule has 0 amide bonds. The Bertz CT molecular complexity index is 1160. The van der Waals surface area contributed by atoms with Crippen LogP contribution in [0.5, 0.6) is 17.2 Å². The maximum absolute atomic E-state index is 7.12. The number of rotatable bonds is 8. The van der Waals surface area contributed by atoms with Crippen LogP contribution in [0.2, 0.25) is 0 Å². The number of phenolic OH excluding ortho intramolecular Hbond substituents is 3. The summed E-state index contributed by atoms with van der Waals surface area (Å²) in [4.78, 5) is 0. The number of hydrogen-bond donors (Lipinski definition) is 3. The average molecular weight is 414 g/mol. The van der Waals surface area contributed by atoms with Gasteiger partial charge < -0.3 is 15.3 Å². The van der Waals surface area contributed by atoms with Crippen molar-refractivity contribution in [3.63, 3.8) is 0 Å². The molecule has 0 saturated carbocycles. The largest absolute Gasteiger partial charge is 0.508 e. The lowest BCUT2D eigenvalue weighted by molar-refractivity contribution is 0.474. The predicted molar refractivity (Wildman–Crippen MR) is 124 cm³/mol. The Morgan fingerprint density at radius 3 is 1.16 bits per heavy atom. The van der Waals surface area contributed by atoms with E-state index < -0.39 is 0 Å². The van der Waals surface area contributed by atoms with Crippen LogP contribution in [-0.2, 0) is 5.41 Å². The summed E-state index contributed by atoms with van der Waals surface area (Å²) in [6.45, 7) is 4.35. The number of hydrogen-bond acceptors (Lipinski definition) is 3. The highest BCUT2D eigenvalue weighted by Crippen LogP contribution is 2.37. The first-order valence-electron chi connectivity index (χ1n) is 11.5. The molecule has 0 unspecified atom stereocenters. The third kappa shape index (κ3) is 4.26. The Balaban J connectivity index is 1.71. The maximum Gasteiger partial charge on any atom is 0.293 e. The van der Waals surface area contributed by atoms with E-state index in [1.165, 1.54) is 5.56 Å². The Morgan fingerprint density at radius 1 is 0.516 bits per heavy atom. The van der Waals surface area contributed by atoms with Gasteiger partial charge in [-0.15, -0.1) is 0 Å². The van der Waals surface area contributed by atoms with Gasteiger partial charge in [-0.3, -0.25) is 0 Å². The van der Waals surface area contributed by atoms with Crippen molar-refractivity contribution < 1.29 is 15.3 Å². The topological polar surface area (TPSA) is 60.7 Å². The van der Waals surface area contributed by atoms with Crippen molar-refractivity contribution in [1.82, 2.24) is 0 Å². The lowest BCUT2D eigenvalue weighted by Crippen LogP contribution is -2.18. The van der Waals surface area contributed by atoms with Crippen LogP contribution in [0.3, 0.4) is 0 Å². The van der Waals surface area contributed by atoms with Gasteiger partial charge in [-0.25, -0.2) is 0 Å². The van der Waals surface area contributed by atoms with E-state index in [0.717, 1.165) is 22.3 Å². The van der Waals surface area contributed by atoms with Crippen LogP contribution in [0.15, 0.2) is 97.1 Å². The van der Waals surface area contributed by atoms with E-state index in [9.17, 15) is 0 Å². The van der Waals surface area contributed by atoms with Crippen LogP contribution in [0, 0.1) is 0 Å². The summed E-state index contributed by atoms with van der Waals surface area (Å²) >= 11 is 0. The van der Waals surface area contributed by atoms with Crippen LogP contribution in [-0.4, -0.2) is 19.6 Å². The molecule has 0 atom stereocenters. The van der Waals surface area contributed by atoms with E-state index in [1.54, 1.807) is 24.3 Å². The van der Waals surface area contributed by atoms with Gasteiger partial charge in [0.05, 0.1) is 0 Å². The van der Waals surface area contributed by atoms with Gasteiger partial charge >= 0.3 is 0 Å². The summed E-state index contributed by atoms with van der Waals surface area (Å²) in [7, 11) is 0. The number of phenols is 3. The zero-order valence-corrected chi connectivity index (χ0v) is 17.5. The van der Waals surface area contributed by atoms with Crippen LogP contribution in [0.4, 0.5) is 0 Å². The first-order chi connectivity index (χ1) is 16.5. The molecule has 3 nitrogen and oxygen atoms in total. The van der Waals surface area contributed by atoms with Gasteiger partial charge in [-0.05, 0) is 64.2 Å². The molecule has 0 aliphatic heterocycles. The summed E-state index contributed by atoms with van der Waals surface area (Å²) in [5.41, 5.74) is 5.34. The van der Waals surface area contributed by atoms with E-state index in [4.69, 9.17) is 4.29 Å². The fourth-order valence-corrected chi connectivity index (χ4v) is 4.03. The Hall–Kier alpha value is -3.72. The van der Waals surface area contributed by atoms with Crippen molar-refractivity contribution in [1.29, 1.82) is 4.29 Å². The SMILES string of the molecule is [2H]Oc1ccc(C(c2ccc(O[2H])cc2)c2ccc(C(C)(C)c3ccc(O[2H])cc3)cc2)cc1. The van der Waals surface area contributed by atoms with Gasteiger partial charge in [0.25, 0.3) is 4.29 Å². The third-order valence-electron chi connectivity index (χ3n) is 5.97. The van der Waals surface area contributed by atoms with E-state index in [1.807, 2.05) is 48.5 Å². The molecule has 4 aromatic carbocycles. The maximum atomic E-state index is 7.12. The Kier molecular flexibility index (Phi) is 4.50. The molecule has 3 heteroatoms. The molecule has 0 radical (unpaired) electrons. The van der Waals surface area contributed by atoms with Crippen molar-refractivity contribution >= 4 is 0 Å². The molecule has 0 aliphatic rings. The molecule has 4 aromatic rings. The first-order valence-corrected chi connectivity index (χ1v) is 10.3. The molecular formula is C28H26O3. The average Bonchev–Trinajstić information content (AvgIpc) is 2.90. The normalized spacial score (nSPS) is 12.5. The van der Waals surface area contributed by atoms with Gasteiger partial charge in [0.1, 0.15) is 17.2 Å². The molecule has 0 bridgehead atoms. The molecule has 4 rings (SSSR count). The minimum Gasteiger partial charge on any atom is -0.508 e. The van der Waals surface area contributed by atoms with Crippen LogP contribution in [0.1, 0.15) is 47.6 Å². The highest BCUT2D eigenvalue weighted by atomic mass is 16.3. The molecular weight excluding hydrogens is 384 g/mol. The van der Waals surface area contributed by atoms with Gasteiger partial charge in [0.2, 0.25) is 0 Å². The Morgan fingerprint density at radius 2 is 0.806 bits per heavy atom. The highest BCUT2D eigenvalue weighted by molar-refractivity contribution is 5.48. The van der Waals surface area contributed by atoms with Gasteiger partial charge in [-0.2, -0.15) is 0 Å². The van der Waals surface area contributed by atoms with Crippen LogP contribution < -0.4 is 0 Å². The number of benzene rings is 4. The second-order valence-electron chi connectivity index (χ2n) is 8.34. The summed E-state index contributed by atoms with van der Waals surface area (Å²) in [6, 6.07) is 31.2. The van der Waals surface area contributed by atoms with Crippen molar-refractivity contribution in [2.75, 3.05) is 0 Å². The molecule has 0 aromatic heterocycles. The fraction of sp³-hybridized carbons (Fsp3) is 0.143. The zero-order chi connectivity index (χ0) is 24.1. The molecule has 156 valence electrons. The predicted octanol–water partition coefficient (Wildman–Crippen LogP) is 6.31.